The van der Waals surface area contributed by atoms with E-state index >= 15 is 0 Å². The van der Waals surface area contributed by atoms with E-state index in [-0.39, 0.29) is 22.6 Å². The summed E-state index contributed by atoms with van der Waals surface area (Å²) in [6.07, 6.45) is 2.28. The fraction of sp³-hybridized carbons (Fsp3) is 0.438. The molecule has 0 aliphatic carbocycles. The van der Waals surface area contributed by atoms with E-state index in [1.54, 1.807) is 12.1 Å². The zero-order valence-electron chi connectivity index (χ0n) is 11.6. The number of hydrogen-bond donors (Lipinski definition) is 1. The van der Waals surface area contributed by atoms with Crippen molar-refractivity contribution < 1.29 is 9.18 Å². The van der Waals surface area contributed by atoms with Gasteiger partial charge in [-0.1, -0.05) is 18.2 Å². The van der Waals surface area contributed by atoms with Gasteiger partial charge in [0.05, 0.1) is 0 Å². The van der Waals surface area contributed by atoms with Crippen molar-refractivity contribution in [3.05, 3.63) is 35.0 Å². The molecule has 21 heavy (non-hydrogen) atoms. The first-order valence-electron chi connectivity index (χ1n) is 7.42. The molecule has 3 fully saturated rings. The quantitative estimate of drug-likeness (QED) is 0.925. The largest absolute Gasteiger partial charge is 0.347 e. The molecule has 0 spiro atoms. The number of halogens is 1. The minimum absolute atomic E-state index is 0.171. The van der Waals surface area contributed by atoms with Crippen molar-refractivity contribution in [1.82, 2.24) is 10.2 Å². The Labute approximate surface area is 126 Å². The highest BCUT2D eigenvalue weighted by Gasteiger charge is 2.35. The number of carbonyl (C=O) groups is 1. The van der Waals surface area contributed by atoms with Crippen LogP contribution in [0.1, 0.15) is 22.5 Å². The van der Waals surface area contributed by atoms with Crippen LogP contribution >= 0.6 is 11.3 Å². The SMILES string of the molecule is O=C(N[C@H]1CN2CCC1CC2)c1sc2ccccc2c1F. The maximum atomic E-state index is 14.4. The van der Waals surface area contributed by atoms with Crippen LogP contribution in [0.5, 0.6) is 0 Å². The number of amides is 1. The van der Waals surface area contributed by atoms with Crippen LogP contribution in [0.2, 0.25) is 0 Å². The fourth-order valence-corrected chi connectivity index (χ4v) is 4.51. The van der Waals surface area contributed by atoms with Gasteiger partial charge in [-0.25, -0.2) is 4.39 Å². The van der Waals surface area contributed by atoms with Gasteiger partial charge in [-0.15, -0.1) is 11.3 Å². The van der Waals surface area contributed by atoms with Crippen molar-refractivity contribution in [2.75, 3.05) is 19.6 Å². The van der Waals surface area contributed by atoms with E-state index in [1.165, 1.54) is 11.3 Å². The molecular formula is C16H17FN2OS. The van der Waals surface area contributed by atoms with E-state index in [2.05, 4.69) is 10.2 Å². The summed E-state index contributed by atoms with van der Waals surface area (Å²) in [4.78, 5) is 15.0. The Hall–Kier alpha value is -1.46. The Balaban J connectivity index is 1.58. The summed E-state index contributed by atoms with van der Waals surface area (Å²) >= 11 is 1.24. The van der Waals surface area contributed by atoms with Gasteiger partial charge in [0.1, 0.15) is 4.88 Å². The standard InChI is InChI=1S/C16H17FN2OS/c17-14-11-3-1-2-4-13(11)21-15(14)16(20)18-12-9-19-7-5-10(12)6-8-19/h1-4,10,12H,5-9H2,(H,18,20)/t12-/m0/s1. The first-order valence-corrected chi connectivity index (χ1v) is 8.24. The molecule has 0 unspecified atom stereocenters. The first kappa shape index (κ1) is 13.2. The Morgan fingerprint density at radius 3 is 2.71 bits per heavy atom. The molecule has 5 heteroatoms. The highest BCUT2D eigenvalue weighted by atomic mass is 32.1. The molecule has 1 N–H and O–H groups in total. The normalized spacial score (nSPS) is 28.0. The van der Waals surface area contributed by atoms with Crippen molar-refractivity contribution in [1.29, 1.82) is 0 Å². The second-order valence-electron chi connectivity index (χ2n) is 5.96. The summed E-state index contributed by atoms with van der Waals surface area (Å²) in [5, 5.41) is 3.60. The molecule has 3 aliphatic heterocycles. The molecule has 1 amide bonds. The maximum Gasteiger partial charge on any atom is 0.264 e. The number of carbonyl (C=O) groups excluding carboxylic acids is 1. The Morgan fingerprint density at radius 2 is 2.05 bits per heavy atom. The zero-order valence-corrected chi connectivity index (χ0v) is 12.5. The second-order valence-corrected chi connectivity index (χ2v) is 7.01. The summed E-state index contributed by atoms with van der Waals surface area (Å²) in [5.41, 5.74) is 0. The summed E-state index contributed by atoms with van der Waals surface area (Å²) in [6, 6.07) is 7.42. The van der Waals surface area contributed by atoms with E-state index in [9.17, 15) is 9.18 Å². The topological polar surface area (TPSA) is 32.3 Å². The molecule has 1 aromatic heterocycles. The van der Waals surface area contributed by atoms with Gasteiger partial charge in [0.2, 0.25) is 0 Å². The summed E-state index contributed by atoms with van der Waals surface area (Å²) in [7, 11) is 0. The minimum atomic E-state index is -0.380. The van der Waals surface area contributed by atoms with Crippen molar-refractivity contribution in [3.8, 4) is 0 Å². The smallest absolute Gasteiger partial charge is 0.264 e. The molecule has 1 aromatic carbocycles. The van der Waals surface area contributed by atoms with Crippen molar-refractivity contribution in [2.45, 2.75) is 18.9 Å². The first-order chi connectivity index (χ1) is 10.2. The van der Waals surface area contributed by atoms with Gasteiger partial charge in [-0.3, -0.25) is 4.79 Å². The molecule has 0 radical (unpaired) electrons. The van der Waals surface area contributed by atoms with Crippen molar-refractivity contribution in [2.24, 2.45) is 5.92 Å². The van der Waals surface area contributed by atoms with Crippen molar-refractivity contribution in [3.63, 3.8) is 0 Å². The van der Waals surface area contributed by atoms with E-state index in [0.717, 1.165) is 37.2 Å². The Kier molecular flexibility index (Phi) is 3.19. The van der Waals surface area contributed by atoms with Gasteiger partial charge in [0.15, 0.2) is 5.82 Å². The van der Waals surface area contributed by atoms with E-state index < -0.39 is 0 Å². The van der Waals surface area contributed by atoms with Crippen LogP contribution in [0.15, 0.2) is 24.3 Å². The number of hydrogen-bond acceptors (Lipinski definition) is 3. The van der Waals surface area contributed by atoms with Crippen LogP contribution in [0.4, 0.5) is 4.39 Å². The third kappa shape index (κ3) is 2.24. The van der Waals surface area contributed by atoms with Crippen LogP contribution in [0, 0.1) is 11.7 Å². The molecule has 2 bridgehead atoms. The van der Waals surface area contributed by atoms with Gasteiger partial charge in [0, 0.05) is 22.7 Å². The third-order valence-electron chi connectivity index (χ3n) is 4.71. The number of thiophene rings is 1. The molecular weight excluding hydrogens is 287 g/mol. The van der Waals surface area contributed by atoms with Gasteiger partial charge in [-0.05, 0) is 37.9 Å². The lowest BCUT2D eigenvalue weighted by Crippen LogP contribution is -2.57. The van der Waals surface area contributed by atoms with Crippen LogP contribution in [-0.2, 0) is 0 Å². The number of benzene rings is 1. The molecule has 5 rings (SSSR count). The highest BCUT2D eigenvalue weighted by molar-refractivity contribution is 7.20. The minimum Gasteiger partial charge on any atom is -0.347 e. The fourth-order valence-electron chi connectivity index (χ4n) is 3.52. The van der Waals surface area contributed by atoms with Crippen LogP contribution in [0.3, 0.4) is 0 Å². The number of fused-ring (bicyclic) bond motifs is 4. The van der Waals surface area contributed by atoms with Gasteiger partial charge in [0.25, 0.3) is 5.91 Å². The zero-order chi connectivity index (χ0) is 14.4. The van der Waals surface area contributed by atoms with E-state index in [0.29, 0.717) is 11.3 Å². The van der Waals surface area contributed by atoms with E-state index in [4.69, 9.17) is 0 Å². The predicted molar refractivity (Wildman–Crippen MR) is 82.2 cm³/mol. The summed E-state index contributed by atoms with van der Waals surface area (Å²) in [5.74, 6) is -0.0850. The number of piperidine rings is 3. The molecule has 110 valence electrons. The molecule has 3 aliphatic rings. The van der Waals surface area contributed by atoms with E-state index in [1.807, 2.05) is 12.1 Å². The predicted octanol–water partition coefficient (Wildman–Crippen LogP) is 2.86. The number of nitrogens with zero attached hydrogens (tertiary/aromatic N) is 1. The van der Waals surface area contributed by atoms with Crippen LogP contribution in [0.25, 0.3) is 10.1 Å². The molecule has 4 heterocycles. The lowest BCUT2D eigenvalue weighted by molar-refractivity contribution is 0.0621. The second kappa shape index (κ2) is 5.07. The monoisotopic (exact) mass is 304 g/mol. The Morgan fingerprint density at radius 1 is 1.29 bits per heavy atom. The number of nitrogens with one attached hydrogen (secondary N) is 1. The summed E-state index contributed by atoms with van der Waals surface area (Å²) in [6.45, 7) is 3.17. The maximum absolute atomic E-state index is 14.4. The molecule has 3 saturated heterocycles. The average molecular weight is 304 g/mol. The highest BCUT2D eigenvalue weighted by Crippen LogP contribution is 2.31. The average Bonchev–Trinajstić information content (AvgIpc) is 2.86. The Bertz CT molecular complexity index is 691. The molecule has 1 atom stereocenters. The number of rotatable bonds is 2. The van der Waals surface area contributed by atoms with Gasteiger partial charge >= 0.3 is 0 Å². The van der Waals surface area contributed by atoms with Crippen molar-refractivity contribution >= 4 is 27.3 Å². The lowest BCUT2D eigenvalue weighted by atomic mass is 9.84. The van der Waals surface area contributed by atoms with Crippen LogP contribution < -0.4 is 5.32 Å². The van der Waals surface area contributed by atoms with Crippen LogP contribution in [-0.4, -0.2) is 36.5 Å². The van der Waals surface area contributed by atoms with Gasteiger partial charge in [-0.2, -0.15) is 0 Å². The van der Waals surface area contributed by atoms with Gasteiger partial charge < -0.3 is 10.2 Å². The lowest BCUT2D eigenvalue weighted by Gasteiger charge is -2.44. The molecule has 2 aromatic rings. The third-order valence-corrected chi connectivity index (χ3v) is 5.86. The molecule has 3 nitrogen and oxygen atoms in total. The summed E-state index contributed by atoms with van der Waals surface area (Å²) < 4.78 is 15.2. The molecule has 0 saturated carbocycles.